The monoisotopic (exact) mass is 480 g/mol. The average molecular weight is 481 g/mol. The van der Waals surface area contributed by atoms with E-state index in [0.717, 1.165) is 10.4 Å². The van der Waals surface area contributed by atoms with Crippen molar-refractivity contribution in [2.24, 2.45) is 0 Å². The molecular formula is C27H32N2O4S. The van der Waals surface area contributed by atoms with Crippen LogP contribution >= 0.6 is 11.3 Å². The Hall–Kier alpha value is -3.32. The van der Waals surface area contributed by atoms with Gasteiger partial charge < -0.3 is 19.3 Å². The average Bonchev–Trinajstić information content (AvgIpc) is 3.26. The number of rotatable bonds is 10. The molecule has 0 unspecified atom stereocenters. The van der Waals surface area contributed by atoms with Gasteiger partial charge in [-0.05, 0) is 50.6 Å². The molecule has 0 saturated heterocycles. The van der Waals surface area contributed by atoms with Gasteiger partial charge >= 0.3 is 0 Å². The Morgan fingerprint density at radius 2 is 1.68 bits per heavy atom. The van der Waals surface area contributed by atoms with E-state index in [9.17, 15) is 9.59 Å². The van der Waals surface area contributed by atoms with Crippen molar-refractivity contribution in [3.8, 4) is 11.5 Å². The Labute approximate surface area is 205 Å². The lowest BCUT2D eigenvalue weighted by Crippen LogP contribution is -2.45. The molecule has 7 heteroatoms. The fourth-order valence-corrected chi connectivity index (χ4v) is 4.56. The normalized spacial score (nSPS) is 10.8. The van der Waals surface area contributed by atoms with Crippen LogP contribution in [0.5, 0.6) is 11.5 Å². The van der Waals surface area contributed by atoms with Crippen molar-refractivity contribution in [2.75, 3.05) is 20.8 Å². The van der Waals surface area contributed by atoms with Gasteiger partial charge in [0.1, 0.15) is 18.0 Å². The molecule has 0 bridgehead atoms. The van der Waals surface area contributed by atoms with Gasteiger partial charge in [0.05, 0.1) is 26.3 Å². The van der Waals surface area contributed by atoms with Crippen LogP contribution in [0.15, 0.2) is 60.7 Å². The van der Waals surface area contributed by atoms with Crippen LogP contribution in [0.4, 0.5) is 0 Å². The zero-order valence-corrected chi connectivity index (χ0v) is 21.2. The summed E-state index contributed by atoms with van der Waals surface area (Å²) in [5, 5.41) is 0. The Bertz CT molecular complexity index is 1110. The number of hydrogen-bond acceptors (Lipinski definition) is 5. The highest BCUT2D eigenvalue weighted by molar-refractivity contribution is 7.11. The van der Waals surface area contributed by atoms with Crippen LogP contribution in [-0.2, 0) is 17.9 Å². The van der Waals surface area contributed by atoms with Crippen LogP contribution in [0.1, 0.15) is 39.5 Å². The van der Waals surface area contributed by atoms with Crippen molar-refractivity contribution < 1.29 is 19.1 Å². The van der Waals surface area contributed by atoms with Gasteiger partial charge in [0.2, 0.25) is 5.91 Å². The van der Waals surface area contributed by atoms with Gasteiger partial charge in [-0.3, -0.25) is 9.59 Å². The number of carbonyl (C=O) groups is 2. The first-order valence-corrected chi connectivity index (χ1v) is 12.0. The Morgan fingerprint density at radius 1 is 0.941 bits per heavy atom. The molecule has 0 saturated carbocycles. The summed E-state index contributed by atoms with van der Waals surface area (Å²) < 4.78 is 10.7. The van der Waals surface area contributed by atoms with Crippen LogP contribution in [0, 0.1) is 6.92 Å². The first-order chi connectivity index (χ1) is 16.3. The second kappa shape index (κ2) is 11.7. The molecule has 2 amide bonds. The summed E-state index contributed by atoms with van der Waals surface area (Å²) in [5.41, 5.74) is 1.44. The van der Waals surface area contributed by atoms with E-state index in [1.165, 1.54) is 12.0 Å². The summed E-state index contributed by atoms with van der Waals surface area (Å²) in [6.07, 6.45) is 0. The molecule has 6 nitrogen and oxygen atoms in total. The molecule has 2 aromatic carbocycles. The first kappa shape index (κ1) is 25.3. The predicted molar refractivity (Wildman–Crippen MR) is 135 cm³/mol. The van der Waals surface area contributed by atoms with Gasteiger partial charge in [-0.1, -0.05) is 30.3 Å². The third kappa shape index (κ3) is 6.38. The Balaban J connectivity index is 1.85. The number of amides is 2. The SMILES string of the molecule is COc1ccc(C(=O)N(CC(=O)N(Cc2ccccc2)Cc2ccc(C)s2)C(C)C)c(OC)c1. The minimum Gasteiger partial charge on any atom is -0.497 e. The van der Waals surface area contributed by atoms with Crippen LogP contribution in [0.2, 0.25) is 0 Å². The zero-order valence-electron chi connectivity index (χ0n) is 20.4. The number of aryl methyl sites for hydroxylation is 1. The van der Waals surface area contributed by atoms with E-state index < -0.39 is 0 Å². The van der Waals surface area contributed by atoms with Crippen LogP contribution in [-0.4, -0.2) is 48.4 Å². The molecule has 0 aliphatic carbocycles. The van der Waals surface area contributed by atoms with Gasteiger partial charge in [-0.2, -0.15) is 0 Å². The van der Waals surface area contributed by atoms with E-state index in [2.05, 4.69) is 19.1 Å². The molecule has 0 atom stereocenters. The van der Waals surface area contributed by atoms with Gasteiger partial charge in [-0.25, -0.2) is 0 Å². The molecule has 0 N–H and O–H groups in total. The topological polar surface area (TPSA) is 59.1 Å². The summed E-state index contributed by atoms with van der Waals surface area (Å²) in [6, 6.07) is 18.9. The minimum absolute atomic E-state index is 0.0249. The first-order valence-electron chi connectivity index (χ1n) is 11.2. The van der Waals surface area contributed by atoms with E-state index in [0.29, 0.717) is 30.2 Å². The molecule has 0 radical (unpaired) electrons. The van der Waals surface area contributed by atoms with Crippen molar-refractivity contribution in [1.29, 1.82) is 0 Å². The number of benzene rings is 2. The molecule has 0 aliphatic heterocycles. The van der Waals surface area contributed by atoms with E-state index in [4.69, 9.17) is 9.47 Å². The lowest BCUT2D eigenvalue weighted by molar-refractivity contribution is -0.133. The molecule has 1 heterocycles. The molecule has 34 heavy (non-hydrogen) atoms. The maximum Gasteiger partial charge on any atom is 0.258 e. The molecule has 180 valence electrons. The smallest absolute Gasteiger partial charge is 0.258 e. The van der Waals surface area contributed by atoms with Gasteiger partial charge in [-0.15, -0.1) is 11.3 Å². The molecule has 0 fully saturated rings. The minimum atomic E-state index is -0.255. The van der Waals surface area contributed by atoms with Crippen LogP contribution in [0.25, 0.3) is 0 Å². The number of nitrogens with zero attached hydrogens (tertiary/aromatic N) is 2. The fraction of sp³-hybridized carbons (Fsp3) is 0.333. The third-order valence-electron chi connectivity index (χ3n) is 5.54. The molecule has 3 aromatic rings. The lowest BCUT2D eigenvalue weighted by atomic mass is 10.1. The van der Waals surface area contributed by atoms with Crippen LogP contribution in [0.3, 0.4) is 0 Å². The van der Waals surface area contributed by atoms with Crippen molar-refractivity contribution in [2.45, 2.75) is 39.9 Å². The largest absolute Gasteiger partial charge is 0.497 e. The predicted octanol–water partition coefficient (Wildman–Crippen LogP) is 5.15. The molecular weight excluding hydrogens is 448 g/mol. The van der Waals surface area contributed by atoms with Crippen molar-refractivity contribution in [1.82, 2.24) is 9.80 Å². The second-order valence-electron chi connectivity index (χ2n) is 8.34. The molecule has 1 aromatic heterocycles. The number of hydrogen-bond donors (Lipinski definition) is 0. The summed E-state index contributed by atoms with van der Waals surface area (Å²) in [7, 11) is 3.08. The summed E-state index contributed by atoms with van der Waals surface area (Å²) in [6.45, 7) is 6.82. The van der Waals surface area contributed by atoms with E-state index >= 15 is 0 Å². The zero-order chi connectivity index (χ0) is 24.7. The Morgan fingerprint density at radius 3 is 2.26 bits per heavy atom. The van der Waals surface area contributed by atoms with Crippen molar-refractivity contribution >= 4 is 23.2 Å². The quantitative estimate of drug-likeness (QED) is 0.403. The third-order valence-corrected chi connectivity index (χ3v) is 6.53. The number of carbonyl (C=O) groups excluding carboxylic acids is 2. The van der Waals surface area contributed by atoms with Gasteiger partial charge in [0.15, 0.2) is 0 Å². The maximum atomic E-state index is 13.5. The van der Waals surface area contributed by atoms with E-state index in [-0.39, 0.29) is 24.4 Å². The molecule has 0 spiro atoms. The number of ether oxygens (including phenoxy) is 2. The van der Waals surface area contributed by atoms with Crippen molar-refractivity contribution in [3.63, 3.8) is 0 Å². The molecule has 3 rings (SSSR count). The molecule has 0 aliphatic rings. The van der Waals surface area contributed by atoms with Gasteiger partial charge in [0, 0.05) is 28.4 Å². The lowest BCUT2D eigenvalue weighted by Gasteiger charge is -2.30. The second-order valence-corrected chi connectivity index (χ2v) is 9.71. The Kier molecular flexibility index (Phi) is 8.71. The van der Waals surface area contributed by atoms with Crippen molar-refractivity contribution in [3.05, 3.63) is 81.5 Å². The standard InChI is InChI=1S/C27H32N2O4S/c1-19(2)29(27(31)24-14-12-22(32-4)15-25(24)33-5)18-26(30)28(16-21-9-7-6-8-10-21)17-23-13-11-20(3)34-23/h6-15,19H,16-18H2,1-5H3. The van der Waals surface area contributed by atoms with Gasteiger partial charge in [0.25, 0.3) is 5.91 Å². The van der Waals surface area contributed by atoms with E-state index in [1.54, 1.807) is 41.5 Å². The summed E-state index contributed by atoms with van der Waals surface area (Å²) >= 11 is 1.68. The van der Waals surface area contributed by atoms with Crippen LogP contribution < -0.4 is 9.47 Å². The van der Waals surface area contributed by atoms with E-state index in [1.807, 2.05) is 49.1 Å². The summed E-state index contributed by atoms with van der Waals surface area (Å²) in [5.74, 6) is 0.650. The highest BCUT2D eigenvalue weighted by Crippen LogP contribution is 2.27. The fourth-order valence-electron chi connectivity index (χ4n) is 3.66. The summed E-state index contributed by atoms with van der Waals surface area (Å²) in [4.78, 5) is 32.7. The highest BCUT2D eigenvalue weighted by Gasteiger charge is 2.27. The number of methoxy groups -OCH3 is 2. The highest BCUT2D eigenvalue weighted by atomic mass is 32.1. The maximum absolute atomic E-state index is 13.5. The number of thiophene rings is 1.